The third-order valence-corrected chi connectivity index (χ3v) is 6.60. The van der Waals surface area contributed by atoms with Gasteiger partial charge in [0.05, 0.1) is 6.61 Å². The summed E-state index contributed by atoms with van der Waals surface area (Å²) in [5, 5.41) is 15.2. The molecule has 9 nitrogen and oxygen atoms in total. The van der Waals surface area contributed by atoms with E-state index in [0.717, 1.165) is 38.5 Å². The molecule has 2 N–H and O–H groups in total. The van der Waals surface area contributed by atoms with Crippen LogP contribution in [0.4, 0.5) is 4.39 Å². The molecule has 0 spiro atoms. The van der Waals surface area contributed by atoms with Crippen LogP contribution in [0.15, 0.2) is 41.3 Å². The van der Waals surface area contributed by atoms with Crippen LogP contribution < -0.4 is 20.5 Å². The summed E-state index contributed by atoms with van der Waals surface area (Å²) in [5.41, 5.74) is -0.822. The van der Waals surface area contributed by atoms with Crippen LogP contribution in [0, 0.1) is 5.82 Å². The van der Waals surface area contributed by atoms with Gasteiger partial charge >= 0.3 is 0 Å². The van der Waals surface area contributed by atoms with Gasteiger partial charge in [0.2, 0.25) is 5.43 Å². The lowest BCUT2D eigenvalue weighted by atomic mass is 10.1. The quantitative estimate of drug-likeness (QED) is 0.525. The highest BCUT2D eigenvalue weighted by Gasteiger charge is 2.32. The molecule has 2 aliphatic heterocycles. The minimum atomic E-state index is -0.923. The highest BCUT2D eigenvalue weighted by atomic mass is 19.1. The number of hydrogen-bond donors (Lipinski definition) is 2. The number of hydrogen-bond acceptors (Lipinski definition) is 6. The van der Waals surface area contributed by atoms with Crippen molar-refractivity contribution in [1.82, 2.24) is 14.9 Å². The fourth-order valence-electron chi connectivity index (χ4n) is 4.55. The van der Waals surface area contributed by atoms with E-state index >= 15 is 0 Å². The summed E-state index contributed by atoms with van der Waals surface area (Å²) in [5.74, 6) is -2.12. The molecular weight excluding hydrogens is 479 g/mol. The molecule has 1 aromatic heterocycles. The van der Waals surface area contributed by atoms with E-state index in [1.54, 1.807) is 7.05 Å². The summed E-state index contributed by atoms with van der Waals surface area (Å²) in [4.78, 5) is 40.1. The van der Waals surface area contributed by atoms with Crippen LogP contribution in [0.1, 0.15) is 71.4 Å². The average molecular weight is 513 g/mol. The van der Waals surface area contributed by atoms with Gasteiger partial charge in [0.15, 0.2) is 11.4 Å². The van der Waals surface area contributed by atoms with Crippen LogP contribution in [0.2, 0.25) is 0 Å². The molecule has 4 rings (SSSR count). The largest absolute Gasteiger partial charge is 0.502 e. The number of amides is 2. The number of fused-ring (bicyclic) bond motifs is 2. The monoisotopic (exact) mass is 512 g/mol. The van der Waals surface area contributed by atoms with Gasteiger partial charge in [0.25, 0.3) is 11.8 Å². The van der Waals surface area contributed by atoms with Gasteiger partial charge in [0.1, 0.15) is 23.8 Å². The van der Waals surface area contributed by atoms with Gasteiger partial charge in [-0.05, 0) is 31.7 Å². The van der Waals surface area contributed by atoms with Crippen molar-refractivity contribution in [2.24, 2.45) is 0 Å². The maximum absolute atomic E-state index is 13.9. The molecule has 0 unspecified atom stereocenters. The maximum atomic E-state index is 13.9. The molecular formula is C27H33FN4O5. The summed E-state index contributed by atoms with van der Waals surface area (Å²) in [6.45, 7) is 1.19. The van der Waals surface area contributed by atoms with E-state index in [9.17, 15) is 23.9 Å². The van der Waals surface area contributed by atoms with Gasteiger partial charge < -0.3 is 20.1 Å². The summed E-state index contributed by atoms with van der Waals surface area (Å²) >= 11 is 0. The van der Waals surface area contributed by atoms with Gasteiger partial charge in [-0.25, -0.2) is 4.39 Å². The molecule has 2 aliphatic rings. The Hall–Kier alpha value is -3.82. The number of nitrogens with zero attached hydrogens (tertiary/aromatic N) is 3. The van der Waals surface area contributed by atoms with Crippen LogP contribution >= 0.6 is 0 Å². The van der Waals surface area contributed by atoms with E-state index in [4.69, 9.17) is 4.74 Å². The fraction of sp³-hybridized carbons (Fsp3) is 0.444. The van der Waals surface area contributed by atoms with Crippen LogP contribution in [0.25, 0.3) is 0 Å². The Kier molecular flexibility index (Phi) is 8.47. The molecule has 2 aromatic rings. The number of pyridine rings is 1. The molecule has 0 fully saturated rings. The maximum Gasteiger partial charge on any atom is 0.277 e. The van der Waals surface area contributed by atoms with Gasteiger partial charge in [0, 0.05) is 38.0 Å². The first-order valence-electron chi connectivity index (χ1n) is 12.7. The van der Waals surface area contributed by atoms with E-state index in [1.165, 1.54) is 34.0 Å². The first-order chi connectivity index (χ1) is 17.9. The second-order valence-electron chi connectivity index (χ2n) is 9.39. The zero-order valence-electron chi connectivity index (χ0n) is 21.0. The van der Waals surface area contributed by atoms with Crippen LogP contribution in [-0.4, -0.2) is 53.4 Å². The lowest BCUT2D eigenvalue weighted by Crippen LogP contribution is -2.53. The summed E-state index contributed by atoms with van der Waals surface area (Å²) in [7, 11) is 1.60. The Balaban J connectivity index is 1.65. The molecule has 0 saturated heterocycles. The Morgan fingerprint density at radius 2 is 1.78 bits per heavy atom. The highest BCUT2D eigenvalue weighted by Crippen LogP contribution is 2.23. The summed E-state index contributed by atoms with van der Waals surface area (Å²) in [6, 6.07) is 4.05. The van der Waals surface area contributed by atoms with Crippen molar-refractivity contribution in [2.75, 3.05) is 31.9 Å². The topological polar surface area (TPSA) is 104 Å². The Labute approximate surface area is 215 Å². The molecule has 10 heteroatoms. The molecule has 1 aromatic carbocycles. The number of allylic oxidation sites excluding steroid dienone is 1. The van der Waals surface area contributed by atoms with Crippen LogP contribution in [-0.2, 0) is 6.54 Å². The Morgan fingerprint density at radius 1 is 1.03 bits per heavy atom. The number of aromatic hydroxyl groups is 1. The second-order valence-corrected chi connectivity index (χ2v) is 9.39. The van der Waals surface area contributed by atoms with Gasteiger partial charge in [-0.1, -0.05) is 37.5 Å². The Morgan fingerprint density at radius 3 is 2.62 bits per heavy atom. The first kappa shape index (κ1) is 26.2. The van der Waals surface area contributed by atoms with Crippen molar-refractivity contribution in [3.8, 4) is 11.5 Å². The minimum absolute atomic E-state index is 0.0162. The van der Waals surface area contributed by atoms with E-state index in [0.29, 0.717) is 30.9 Å². The van der Waals surface area contributed by atoms with Crippen molar-refractivity contribution in [1.29, 1.82) is 0 Å². The SMILES string of the molecule is CN1CN2CCCCCCC/C=C/CCOc3cc(F)ccc3CNC(=O)c3cn2c(c(O)c3=O)C1=O. The van der Waals surface area contributed by atoms with Crippen molar-refractivity contribution >= 4 is 11.8 Å². The van der Waals surface area contributed by atoms with Gasteiger partial charge in [-0.2, -0.15) is 0 Å². The molecule has 3 heterocycles. The predicted octanol–water partition coefficient (Wildman–Crippen LogP) is 3.28. The van der Waals surface area contributed by atoms with E-state index in [1.807, 2.05) is 5.01 Å². The third-order valence-electron chi connectivity index (χ3n) is 6.60. The average Bonchev–Trinajstić information content (AvgIpc) is 2.87. The molecule has 198 valence electrons. The molecule has 2 amide bonds. The number of ether oxygens (including phenoxy) is 1. The van der Waals surface area contributed by atoms with Crippen molar-refractivity contribution < 1.29 is 23.8 Å². The number of carbonyl (C=O) groups excluding carboxylic acids is 2. The fourth-order valence-corrected chi connectivity index (χ4v) is 4.55. The zero-order valence-corrected chi connectivity index (χ0v) is 21.0. The molecule has 2 bridgehead atoms. The number of carbonyl (C=O) groups is 2. The highest BCUT2D eigenvalue weighted by molar-refractivity contribution is 5.99. The van der Waals surface area contributed by atoms with Crippen LogP contribution in [0.5, 0.6) is 11.5 Å². The molecule has 0 aliphatic carbocycles. The van der Waals surface area contributed by atoms with E-state index in [2.05, 4.69) is 17.5 Å². The smallest absolute Gasteiger partial charge is 0.277 e. The first-order valence-corrected chi connectivity index (χ1v) is 12.7. The van der Waals surface area contributed by atoms with Crippen molar-refractivity contribution in [2.45, 2.75) is 51.5 Å². The second kappa shape index (κ2) is 11.9. The van der Waals surface area contributed by atoms with E-state index < -0.39 is 28.8 Å². The lowest BCUT2D eigenvalue weighted by Gasteiger charge is -2.38. The predicted molar refractivity (Wildman–Crippen MR) is 137 cm³/mol. The Bertz CT molecular complexity index is 1240. The third kappa shape index (κ3) is 6.12. The number of halogens is 1. The number of aromatic nitrogens is 1. The molecule has 0 radical (unpaired) electrons. The van der Waals surface area contributed by atoms with E-state index in [-0.39, 0.29) is 24.5 Å². The zero-order chi connectivity index (χ0) is 26.4. The number of nitrogens with one attached hydrogen (secondary N) is 1. The number of rotatable bonds is 0. The molecule has 0 saturated carbocycles. The van der Waals surface area contributed by atoms with Crippen molar-refractivity contribution in [3.05, 3.63) is 69.4 Å². The van der Waals surface area contributed by atoms with Gasteiger partial charge in [-0.15, -0.1) is 0 Å². The van der Waals surface area contributed by atoms with Crippen LogP contribution in [0.3, 0.4) is 0 Å². The minimum Gasteiger partial charge on any atom is -0.502 e. The standard InChI is InChI=1S/C27H33FN4O5/c1-30-18-31-13-9-7-5-3-2-4-6-8-10-14-37-22-15-20(28)12-11-19(22)16-29-26(35)21-17-32(31)23(27(30)36)25(34)24(21)33/h6,8,11-12,15,17,34H,2-5,7,9-10,13-14,16,18H2,1H3,(H,29,35)/b8-6+. The molecule has 0 atom stereocenters. The molecule has 37 heavy (non-hydrogen) atoms. The summed E-state index contributed by atoms with van der Waals surface area (Å²) in [6.07, 6.45) is 12.3. The normalized spacial score (nSPS) is 18.8. The summed E-state index contributed by atoms with van der Waals surface area (Å²) < 4.78 is 21.1. The van der Waals surface area contributed by atoms with Gasteiger partial charge in [-0.3, -0.25) is 24.1 Å². The number of benzene rings is 1. The van der Waals surface area contributed by atoms with Crippen molar-refractivity contribution in [3.63, 3.8) is 0 Å². The lowest BCUT2D eigenvalue weighted by molar-refractivity contribution is 0.0730.